The van der Waals surface area contributed by atoms with Gasteiger partial charge >= 0.3 is 9.15 Å². The smallest absolute Gasteiger partial charge is 0.328 e. The van der Waals surface area contributed by atoms with Crippen LogP contribution >= 0.6 is 0 Å². The van der Waals surface area contributed by atoms with Crippen molar-refractivity contribution >= 4 is 23.8 Å². The van der Waals surface area contributed by atoms with Gasteiger partial charge in [0.1, 0.15) is 0 Å². The standard InChI is InChI=1S/C21H41NO6S2/c1-3-4-5-6-7-8-9-10-11-12-13-14-15-16-17-18-20(23)21(2,19-22)29(24,25)30(26,27)28/h10-11H,3-9,12-19,22H2,1-2H3,(H,26,27,28)/b11-10-. The van der Waals surface area contributed by atoms with E-state index in [0.29, 0.717) is 6.42 Å². The predicted octanol–water partition coefficient (Wildman–Crippen LogP) is 4.53. The van der Waals surface area contributed by atoms with Gasteiger partial charge in [0.25, 0.3) is 8.87 Å². The minimum atomic E-state index is -5.41. The van der Waals surface area contributed by atoms with E-state index >= 15 is 0 Å². The number of ketones is 1. The lowest BCUT2D eigenvalue weighted by Gasteiger charge is -2.24. The van der Waals surface area contributed by atoms with Gasteiger partial charge in [0.2, 0.25) is 0 Å². The Hall–Kier alpha value is -0.770. The second-order valence-corrected chi connectivity index (χ2v) is 13.3. The summed E-state index contributed by atoms with van der Waals surface area (Å²) >= 11 is 0. The van der Waals surface area contributed by atoms with Gasteiger partial charge in [0, 0.05) is 13.0 Å². The summed E-state index contributed by atoms with van der Waals surface area (Å²) in [6.07, 6.45) is 18.6. The highest BCUT2D eigenvalue weighted by atomic mass is 33.2. The molecule has 0 aliphatic carbocycles. The van der Waals surface area contributed by atoms with Gasteiger partial charge in [0.05, 0.1) is 0 Å². The zero-order valence-corrected chi connectivity index (χ0v) is 20.3. The summed E-state index contributed by atoms with van der Waals surface area (Å²) in [4.78, 5) is 12.3. The van der Waals surface area contributed by atoms with Gasteiger partial charge in [-0.3, -0.25) is 9.35 Å². The van der Waals surface area contributed by atoms with Crippen LogP contribution in [0.15, 0.2) is 12.2 Å². The maximum atomic E-state index is 12.3. The first-order valence-electron chi connectivity index (χ1n) is 11.1. The lowest BCUT2D eigenvalue weighted by atomic mass is 9.99. The second kappa shape index (κ2) is 15.1. The van der Waals surface area contributed by atoms with Crippen molar-refractivity contribution in [3.05, 3.63) is 12.2 Å². The Morgan fingerprint density at radius 2 is 1.27 bits per heavy atom. The van der Waals surface area contributed by atoms with Crippen LogP contribution in [0.2, 0.25) is 0 Å². The van der Waals surface area contributed by atoms with Crippen LogP contribution in [-0.4, -0.2) is 38.5 Å². The van der Waals surface area contributed by atoms with Gasteiger partial charge in [-0.25, -0.2) is 8.42 Å². The number of carbonyl (C=O) groups excluding carboxylic acids is 1. The third-order valence-electron chi connectivity index (χ3n) is 5.47. The number of hydrogen-bond donors (Lipinski definition) is 2. The Kier molecular flexibility index (Phi) is 14.7. The van der Waals surface area contributed by atoms with Gasteiger partial charge in [-0.15, -0.1) is 0 Å². The lowest BCUT2D eigenvalue weighted by Crippen LogP contribution is -2.52. The Morgan fingerprint density at radius 3 is 1.70 bits per heavy atom. The Labute approximate surface area is 183 Å². The number of Topliss-reactive ketones (excluding diaryl/α,β-unsaturated/α-hetero) is 1. The van der Waals surface area contributed by atoms with Crippen LogP contribution in [0.5, 0.6) is 0 Å². The van der Waals surface area contributed by atoms with E-state index in [9.17, 15) is 21.6 Å². The van der Waals surface area contributed by atoms with E-state index in [-0.39, 0.29) is 6.42 Å². The molecule has 0 aromatic rings. The third-order valence-corrected chi connectivity index (χ3v) is 10.3. The van der Waals surface area contributed by atoms with Gasteiger partial charge < -0.3 is 5.73 Å². The van der Waals surface area contributed by atoms with Gasteiger partial charge in [-0.05, 0) is 39.0 Å². The molecule has 0 aromatic carbocycles. The molecule has 0 aromatic heterocycles. The number of carbonyl (C=O) groups is 1. The molecule has 30 heavy (non-hydrogen) atoms. The molecule has 0 rings (SSSR count). The molecule has 0 saturated heterocycles. The fourth-order valence-electron chi connectivity index (χ4n) is 3.21. The molecule has 0 heterocycles. The molecule has 1 atom stereocenters. The van der Waals surface area contributed by atoms with Crippen LogP contribution < -0.4 is 5.73 Å². The molecule has 178 valence electrons. The maximum Gasteiger partial charge on any atom is 0.373 e. The van der Waals surface area contributed by atoms with Crippen molar-refractivity contribution < 1.29 is 26.2 Å². The molecule has 0 bridgehead atoms. The monoisotopic (exact) mass is 467 g/mol. The van der Waals surface area contributed by atoms with E-state index in [0.717, 1.165) is 45.4 Å². The van der Waals surface area contributed by atoms with Crippen LogP contribution in [0.3, 0.4) is 0 Å². The Morgan fingerprint density at radius 1 is 0.833 bits per heavy atom. The van der Waals surface area contributed by atoms with Crippen molar-refractivity contribution in [1.29, 1.82) is 0 Å². The highest BCUT2D eigenvalue weighted by Crippen LogP contribution is 2.25. The first-order valence-corrected chi connectivity index (χ1v) is 14.6. The van der Waals surface area contributed by atoms with E-state index in [4.69, 9.17) is 10.3 Å². The molecule has 0 aliphatic heterocycles. The lowest BCUT2D eigenvalue weighted by molar-refractivity contribution is -0.121. The van der Waals surface area contributed by atoms with E-state index in [1.54, 1.807) is 0 Å². The summed E-state index contributed by atoms with van der Waals surface area (Å²) in [5.41, 5.74) is 5.36. The third kappa shape index (κ3) is 10.0. The first kappa shape index (κ1) is 29.2. The Bertz CT molecular complexity index is 716. The first-order chi connectivity index (χ1) is 14.0. The number of unbranched alkanes of at least 4 members (excludes halogenated alkanes) is 11. The molecule has 0 radical (unpaired) electrons. The number of nitrogens with two attached hydrogens (primary N) is 1. The maximum absolute atomic E-state index is 12.3. The summed E-state index contributed by atoms with van der Waals surface area (Å²) in [5, 5.41) is 0. The summed E-state index contributed by atoms with van der Waals surface area (Å²) in [7, 11) is -10.5. The molecule has 0 saturated carbocycles. The SMILES string of the molecule is CCCCCCCC/C=C\CCCCCCCC(=O)C(C)(CN)S(=O)(=O)S(=O)(=O)O. The van der Waals surface area contributed by atoms with Crippen molar-refractivity contribution in [3.63, 3.8) is 0 Å². The molecule has 1 unspecified atom stereocenters. The van der Waals surface area contributed by atoms with Crippen LogP contribution in [0.25, 0.3) is 0 Å². The number of rotatable bonds is 19. The highest BCUT2D eigenvalue weighted by Gasteiger charge is 2.51. The molecule has 0 aliphatic rings. The van der Waals surface area contributed by atoms with E-state index < -0.39 is 35.1 Å². The minimum Gasteiger partial charge on any atom is -0.328 e. The largest absolute Gasteiger partial charge is 0.373 e. The van der Waals surface area contributed by atoms with Crippen molar-refractivity contribution in [2.75, 3.05) is 6.54 Å². The minimum absolute atomic E-state index is 0.0827. The molecule has 3 N–H and O–H groups in total. The zero-order chi connectivity index (χ0) is 23.1. The number of hydrogen-bond acceptors (Lipinski definition) is 6. The average molecular weight is 468 g/mol. The van der Waals surface area contributed by atoms with Gasteiger partial charge in [0.15, 0.2) is 10.5 Å². The van der Waals surface area contributed by atoms with E-state index in [1.807, 2.05) is 0 Å². The van der Waals surface area contributed by atoms with E-state index in [1.165, 1.54) is 38.5 Å². The molecule has 0 spiro atoms. The van der Waals surface area contributed by atoms with Crippen LogP contribution in [-0.2, 0) is 22.8 Å². The normalized spacial score (nSPS) is 14.8. The summed E-state index contributed by atoms with van der Waals surface area (Å²) in [5.74, 6) is -0.778. The Balaban J connectivity index is 3.96. The summed E-state index contributed by atoms with van der Waals surface area (Å²) < 4.78 is 52.8. The molecule has 0 fully saturated rings. The molecule has 9 heteroatoms. The average Bonchev–Trinajstić information content (AvgIpc) is 2.69. The predicted molar refractivity (Wildman–Crippen MR) is 122 cm³/mol. The van der Waals surface area contributed by atoms with E-state index in [2.05, 4.69) is 19.1 Å². The van der Waals surface area contributed by atoms with Crippen LogP contribution in [0.4, 0.5) is 0 Å². The summed E-state index contributed by atoms with van der Waals surface area (Å²) in [6, 6.07) is 0. The zero-order valence-electron chi connectivity index (χ0n) is 18.6. The highest BCUT2D eigenvalue weighted by molar-refractivity contribution is 8.65. The van der Waals surface area contributed by atoms with Crippen molar-refractivity contribution in [2.24, 2.45) is 5.73 Å². The summed E-state index contributed by atoms with van der Waals surface area (Å²) in [6.45, 7) is 2.48. The van der Waals surface area contributed by atoms with Gasteiger partial charge in [-0.2, -0.15) is 8.42 Å². The van der Waals surface area contributed by atoms with Crippen LogP contribution in [0, 0.1) is 0 Å². The quantitative estimate of drug-likeness (QED) is 0.123. The van der Waals surface area contributed by atoms with Crippen LogP contribution in [0.1, 0.15) is 104 Å². The molecular formula is C21H41NO6S2. The van der Waals surface area contributed by atoms with Crippen molar-refractivity contribution in [2.45, 2.75) is 108 Å². The fourth-order valence-corrected chi connectivity index (χ4v) is 6.14. The number of allylic oxidation sites excluding steroid dienone is 2. The van der Waals surface area contributed by atoms with Crippen molar-refractivity contribution in [1.82, 2.24) is 0 Å². The second-order valence-electron chi connectivity index (χ2n) is 8.07. The topological polar surface area (TPSA) is 132 Å². The van der Waals surface area contributed by atoms with Crippen molar-refractivity contribution in [3.8, 4) is 0 Å². The molecule has 7 nitrogen and oxygen atoms in total. The molecule has 0 amide bonds. The molecular weight excluding hydrogens is 426 g/mol. The fraction of sp³-hybridized carbons (Fsp3) is 0.857. The van der Waals surface area contributed by atoms with Gasteiger partial charge in [-0.1, -0.05) is 70.4 Å².